The second-order valence-electron chi connectivity index (χ2n) is 6.17. The molecule has 2 aliphatic heterocycles. The van der Waals surface area contributed by atoms with Crippen LogP contribution in [0.4, 0.5) is 0 Å². The van der Waals surface area contributed by atoms with Crippen LogP contribution in [0.25, 0.3) is 0 Å². The molecule has 0 N–H and O–H groups in total. The first-order chi connectivity index (χ1) is 10.7. The minimum atomic E-state index is 0.0572. The fourth-order valence-corrected chi connectivity index (χ4v) is 3.21. The van der Waals surface area contributed by atoms with Crippen LogP contribution in [0, 0.1) is 0 Å². The van der Waals surface area contributed by atoms with Gasteiger partial charge in [-0.05, 0) is 45.5 Å². The van der Waals surface area contributed by atoms with Crippen LogP contribution in [0.5, 0.6) is 11.5 Å². The van der Waals surface area contributed by atoms with E-state index < -0.39 is 0 Å². The molecule has 0 spiro atoms. The van der Waals surface area contributed by atoms with Gasteiger partial charge in [0.05, 0.1) is 5.56 Å². The molecule has 5 nitrogen and oxygen atoms in total. The maximum absolute atomic E-state index is 12.9. The molecule has 5 heteroatoms. The monoisotopic (exact) mass is 304 g/mol. The Morgan fingerprint density at radius 3 is 2.82 bits per heavy atom. The van der Waals surface area contributed by atoms with Gasteiger partial charge in [0.25, 0.3) is 5.91 Å². The second-order valence-corrected chi connectivity index (χ2v) is 6.17. The van der Waals surface area contributed by atoms with Gasteiger partial charge in [-0.3, -0.25) is 4.79 Å². The lowest BCUT2D eigenvalue weighted by Gasteiger charge is -2.25. The molecule has 0 saturated carbocycles. The average Bonchev–Trinajstić information content (AvgIpc) is 2.80. The maximum atomic E-state index is 12.9. The topological polar surface area (TPSA) is 42.0 Å². The summed E-state index contributed by atoms with van der Waals surface area (Å²) in [6.45, 7) is 2.65. The number of carbonyl (C=O) groups excluding carboxylic acids is 1. The number of amides is 1. The molecular formula is C17H24N2O3. The quantitative estimate of drug-likeness (QED) is 0.838. The molecule has 2 heterocycles. The molecule has 120 valence electrons. The molecule has 1 amide bonds. The maximum Gasteiger partial charge on any atom is 0.257 e. The summed E-state index contributed by atoms with van der Waals surface area (Å²) in [5.74, 6) is 1.34. The Bertz CT molecular complexity index is 545. The number of ether oxygens (including phenoxy) is 2. The molecule has 0 unspecified atom stereocenters. The van der Waals surface area contributed by atoms with Gasteiger partial charge in [-0.25, -0.2) is 0 Å². The fourth-order valence-electron chi connectivity index (χ4n) is 3.21. The first-order valence-electron chi connectivity index (χ1n) is 8.01. The van der Waals surface area contributed by atoms with E-state index in [1.165, 1.54) is 0 Å². The third-order valence-electron chi connectivity index (χ3n) is 4.51. The molecule has 1 fully saturated rings. The number of nitrogens with zero attached hydrogens (tertiary/aromatic N) is 2. The molecule has 1 atom stereocenters. The summed E-state index contributed by atoms with van der Waals surface area (Å²) in [6, 6.07) is 6.11. The fraction of sp³-hybridized carbons (Fsp3) is 0.588. The highest BCUT2D eigenvalue weighted by molar-refractivity contribution is 5.97. The van der Waals surface area contributed by atoms with E-state index in [1.807, 2.05) is 23.1 Å². The number of rotatable bonds is 2. The highest BCUT2D eigenvalue weighted by Crippen LogP contribution is 2.34. The molecule has 3 rings (SSSR count). The highest BCUT2D eigenvalue weighted by atomic mass is 16.6. The molecular weight excluding hydrogens is 280 g/mol. The Balaban J connectivity index is 1.77. The summed E-state index contributed by atoms with van der Waals surface area (Å²) in [5, 5.41) is 0. The zero-order chi connectivity index (χ0) is 15.5. The Labute approximate surface area is 131 Å². The van der Waals surface area contributed by atoms with Crippen molar-refractivity contribution >= 4 is 5.91 Å². The van der Waals surface area contributed by atoms with Crippen LogP contribution >= 0.6 is 0 Å². The van der Waals surface area contributed by atoms with Crippen LogP contribution in [-0.2, 0) is 0 Å². The summed E-state index contributed by atoms with van der Waals surface area (Å²) >= 11 is 0. The van der Waals surface area contributed by atoms with Crippen molar-refractivity contribution in [3.8, 4) is 11.5 Å². The molecule has 0 radical (unpaired) electrons. The van der Waals surface area contributed by atoms with Gasteiger partial charge in [-0.1, -0.05) is 6.07 Å². The van der Waals surface area contributed by atoms with Crippen molar-refractivity contribution in [3.05, 3.63) is 23.8 Å². The third-order valence-corrected chi connectivity index (χ3v) is 4.51. The van der Waals surface area contributed by atoms with Crippen LogP contribution in [-0.4, -0.2) is 62.1 Å². The van der Waals surface area contributed by atoms with E-state index in [-0.39, 0.29) is 5.91 Å². The van der Waals surface area contributed by atoms with Crippen molar-refractivity contribution in [2.75, 3.05) is 40.4 Å². The van der Waals surface area contributed by atoms with Gasteiger partial charge in [-0.15, -0.1) is 0 Å². The van der Waals surface area contributed by atoms with E-state index in [1.54, 1.807) is 0 Å². The number of carbonyl (C=O) groups is 1. The summed E-state index contributed by atoms with van der Waals surface area (Å²) in [6.07, 6.45) is 3.20. The van der Waals surface area contributed by atoms with Gasteiger partial charge in [0.15, 0.2) is 11.5 Å². The van der Waals surface area contributed by atoms with Crippen molar-refractivity contribution in [3.63, 3.8) is 0 Å². The van der Waals surface area contributed by atoms with Crippen molar-refractivity contribution in [2.24, 2.45) is 0 Å². The molecule has 0 aliphatic carbocycles. The number of hydrogen-bond acceptors (Lipinski definition) is 4. The second kappa shape index (κ2) is 6.57. The number of likely N-dealkylation sites (tertiary alicyclic amines) is 1. The minimum absolute atomic E-state index is 0.0572. The zero-order valence-electron chi connectivity index (χ0n) is 13.4. The molecule has 1 aromatic carbocycles. The molecule has 22 heavy (non-hydrogen) atoms. The third kappa shape index (κ3) is 3.04. The normalized spacial score (nSPS) is 21.6. The molecule has 0 aromatic heterocycles. The Hall–Kier alpha value is -1.75. The summed E-state index contributed by atoms with van der Waals surface area (Å²) in [5.41, 5.74) is 0.625. The van der Waals surface area contributed by atoms with Crippen molar-refractivity contribution in [1.82, 2.24) is 9.80 Å². The Morgan fingerprint density at radius 1 is 1.18 bits per heavy atom. The minimum Gasteiger partial charge on any atom is -0.486 e. The van der Waals surface area contributed by atoms with Crippen LogP contribution in [0.15, 0.2) is 18.2 Å². The molecule has 0 bridgehead atoms. The number of para-hydroxylation sites is 1. The lowest BCUT2D eigenvalue weighted by atomic mass is 10.1. The van der Waals surface area contributed by atoms with Crippen LogP contribution in [0.2, 0.25) is 0 Å². The van der Waals surface area contributed by atoms with E-state index in [9.17, 15) is 4.79 Å². The first-order valence-corrected chi connectivity index (χ1v) is 8.01. The van der Waals surface area contributed by atoms with Gasteiger partial charge < -0.3 is 19.3 Å². The van der Waals surface area contributed by atoms with Gasteiger partial charge in [0, 0.05) is 19.1 Å². The molecule has 2 aliphatic rings. The standard InChI is InChI=1S/C17H24N2O3/c1-18(2)13-5-4-9-19(10-8-13)17(20)14-6-3-7-15-16(14)22-12-11-21-15/h3,6-7,13H,4-5,8-12H2,1-2H3/t13-/m1/s1. The summed E-state index contributed by atoms with van der Waals surface area (Å²) < 4.78 is 11.2. The van der Waals surface area contributed by atoms with E-state index >= 15 is 0 Å². The number of fused-ring (bicyclic) bond motifs is 1. The van der Waals surface area contributed by atoms with Crippen LogP contribution < -0.4 is 9.47 Å². The zero-order valence-corrected chi connectivity index (χ0v) is 13.4. The predicted octanol–water partition coefficient (Wildman–Crippen LogP) is 2.01. The van der Waals surface area contributed by atoms with E-state index in [0.29, 0.717) is 36.3 Å². The van der Waals surface area contributed by atoms with Gasteiger partial charge >= 0.3 is 0 Å². The Kier molecular flexibility index (Phi) is 4.52. The van der Waals surface area contributed by atoms with E-state index in [4.69, 9.17) is 9.47 Å². The van der Waals surface area contributed by atoms with Gasteiger partial charge in [-0.2, -0.15) is 0 Å². The lowest BCUT2D eigenvalue weighted by molar-refractivity contribution is 0.0748. The summed E-state index contributed by atoms with van der Waals surface area (Å²) in [4.78, 5) is 17.1. The van der Waals surface area contributed by atoms with Gasteiger partial charge in [0.2, 0.25) is 0 Å². The molecule has 1 saturated heterocycles. The number of hydrogen-bond donors (Lipinski definition) is 0. The SMILES string of the molecule is CN(C)[C@@H]1CCCN(C(=O)c2cccc3c2OCCO3)CC1. The number of benzene rings is 1. The highest BCUT2D eigenvalue weighted by Gasteiger charge is 2.26. The summed E-state index contributed by atoms with van der Waals surface area (Å²) in [7, 11) is 4.22. The lowest BCUT2D eigenvalue weighted by Crippen LogP contribution is -2.34. The van der Waals surface area contributed by atoms with Crippen molar-refractivity contribution in [2.45, 2.75) is 25.3 Å². The van der Waals surface area contributed by atoms with Crippen LogP contribution in [0.1, 0.15) is 29.6 Å². The first kappa shape index (κ1) is 15.2. The van der Waals surface area contributed by atoms with Crippen LogP contribution in [0.3, 0.4) is 0 Å². The smallest absolute Gasteiger partial charge is 0.257 e. The molecule has 1 aromatic rings. The van der Waals surface area contributed by atoms with Gasteiger partial charge in [0.1, 0.15) is 13.2 Å². The van der Waals surface area contributed by atoms with Crippen molar-refractivity contribution < 1.29 is 14.3 Å². The Morgan fingerprint density at radius 2 is 2.00 bits per heavy atom. The largest absolute Gasteiger partial charge is 0.486 e. The van der Waals surface area contributed by atoms with Crippen molar-refractivity contribution in [1.29, 1.82) is 0 Å². The average molecular weight is 304 g/mol. The van der Waals surface area contributed by atoms with E-state index in [0.717, 1.165) is 32.4 Å². The predicted molar refractivity (Wildman–Crippen MR) is 84.7 cm³/mol. The van der Waals surface area contributed by atoms with E-state index in [2.05, 4.69) is 19.0 Å².